The van der Waals surface area contributed by atoms with Gasteiger partial charge in [-0.3, -0.25) is 4.79 Å². The van der Waals surface area contributed by atoms with Crippen molar-refractivity contribution in [2.45, 2.75) is 13.8 Å². The fourth-order valence-corrected chi connectivity index (χ4v) is 3.09. The summed E-state index contributed by atoms with van der Waals surface area (Å²) in [6.45, 7) is 3.98. The van der Waals surface area contributed by atoms with Crippen LogP contribution in [0.1, 0.15) is 25.7 Å². The minimum absolute atomic E-state index is 0.0464. The van der Waals surface area contributed by atoms with Crippen molar-refractivity contribution in [3.8, 4) is 0 Å². The Morgan fingerprint density at radius 2 is 2.00 bits per heavy atom. The van der Waals surface area contributed by atoms with E-state index in [0.29, 0.717) is 10.6 Å². The predicted octanol–water partition coefficient (Wildman–Crippen LogP) is 4.85. The van der Waals surface area contributed by atoms with Crippen LogP contribution < -0.4 is 0 Å². The molecule has 0 atom stereocenters. The molecule has 1 nitrogen and oxygen atoms in total. The SMILES string of the molecule is Cc1cc(C(=O)c2ccc(I)c(Cl)c2)c(C)s1. The Labute approximate surface area is 123 Å². The van der Waals surface area contributed by atoms with Crippen molar-refractivity contribution in [3.05, 3.63) is 53.7 Å². The number of ketones is 1. The number of halogens is 2. The maximum absolute atomic E-state index is 12.3. The second-order valence-electron chi connectivity index (χ2n) is 3.78. The second-order valence-corrected chi connectivity index (χ2v) is 6.81. The van der Waals surface area contributed by atoms with Gasteiger partial charge in [0.2, 0.25) is 0 Å². The summed E-state index contributed by atoms with van der Waals surface area (Å²) in [5, 5.41) is 0.626. The molecule has 0 aliphatic heterocycles. The number of hydrogen-bond donors (Lipinski definition) is 0. The lowest BCUT2D eigenvalue weighted by Crippen LogP contribution is -2.01. The van der Waals surface area contributed by atoms with E-state index in [-0.39, 0.29) is 5.78 Å². The summed E-state index contributed by atoms with van der Waals surface area (Å²) in [7, 11) is 0. The highest BCUT2D eigenvalue weighted by atomic mass is 127. The summed E-state index contributed by atoms with van der Waals surface area (Å²) in [4.78, 5) is 14.5. The highest BCUT2D eigenvalue weighted by Crippen LogP contribution is 2.25. The van der Waals surface area contributed by atoms with Crippen LogP contribution in [-0.2, 0) is 0 Å². The standard InChI is InChI=1S/C13H10ClIOS/c1-7-5-10(8(2)17-7)13(16)9-3-4-12(15)11(14)6-9/h3-6H,1-2H3. The van der Waals surface area contributed by atoms with Gasteiger partial charge in [0, 0.05) is 24.5 Å². The van der Waals surface area contributed by atoms with Gasteiger partial charge in [-0.15, -0.1) is 11.3 Å². The van der Waals surface area contributed by atoms with Crippen LogP contribution in [0.2, 0.25) is 5.02 Å². The first-order chi connectivity index (χ1) is 7.99. The van der Waals surface area contributed by atoms with E-state index in [2.05, 4.69) is 22.6 Å². The lowest BCUT2D eigenvalue weighted by molar-refractivity contribution is 0.103. The lowest BCUT2D eigenvalue weighted by Gasteiger charge is -2.02. The van der Waals surface area contributed by atoms with E-state index in [0.717, 1.165) is 18.9 Å². The molecule has 0 fully saturated rings. The molecule has 1 heterocycles. The van der Waals surface area contributed by atoms with Crippen molar-refractivity contribution in [2.24, 2.45) is 0 Å². The van der Waals surface area contributed by atoms with Gasteiger partial charge < -0.3 is 0 Å². The van der Waals surface area contributed by atoms with E-state index < -0.39 is 0 Å². The molecule has 0 bridgehead atoms. The monoisotopic (exact) mass is 376 g/mol. The molecule has 0 unspecified atom stereocenters. The average Bonchev–Trinajstić information content (AvgIpc) is 2.61. The molecule has 0 saturated carbocycles. The molecule has 1 aromatic carbocycles. The smallest absolute Gasteiger partial charge is 0.194 e. The molecule has 0 saturated heterocycles. The van der Waals surface area contributed by atoms with Gasteiger partial charge >= 0.3 is 0 Å². The normalized spacial score (nSPS) is 10.6. The zero-order valence-electron chi connectivity index (χ0n) is 9.38. The van der Waals surface area contributed by atoms with E-state index in [1.165, 1.54) is 0 Å². The summed E-state index contributed by atoms with van der Waals surface area (Å²) in [6.07, 6.45) is 0. The Morgan fingerprint density at radius 1 is 1.29 bits per heavy atom. The zero-order valence-corrected chi connectivity index (χ0v) is 13.1. The minimum atomic E-state index is 0.0464. The van der Waals surface area contributed by atoms with Crippen molar-refractivity contribution in [1.82, 2.24) is 0 Å². The van der Waals surface area contributed by atoms with Crippen LogP contribution in [0.3, 0.4) is 0 Å². The van der Waals surface area contributed by atoms with Crippen LogP contribution in [0.4, 0.5) is 0 Å². The van der Waals surface area contributed by atoms with Gasteiger partial charge in [-0.05, 0) is 60.7 Å². The summed E-state index contributed by atoms with van der Waals surface area (Å²) < 4.78 is 0.957. The van der Waals surface area contributed by atoms with E-state index in [1.54, 1.807) is 17.4 Å². The van der Waals surface area contributed by atoms with Crippen LogP contribution in [0.25, 0.3) is 0 Å². The van der Waals surface area contributed by atoms with Crippen LogP contribution in [-0.4, -0.2) is 5.78 Å². The Kier molecular flexibility index (Phi) is 3.90. The maximum atomic E-state index is 12.3. The first-order valence-electron chi connectivity index (χ1n) is 5.06. The fraction of sp³-hybridized carbons (Fsp3) is 0.154. The third-order valence-electron chi connectivity index (χ3n) is 2.47. The molecule has 0 aliphatic carbocycles. The van der Waals surface area contributed by atoms with Crippen molar-refractivity contribution in [2.75, 3.05) is 0 Å². The largest absolute Gasteiger partial charge is 0.289 e. The van der Waals surface area contributed by atoms with Crippen molar-refractivity contribution in [3.63, 3.8) is 0 Å². The van der Waals surface area contributed by atoms with Crippen LogP contribution >= 0.6 is 45.5 Å². The van der Waals surface area contributed by atoms with E-state index in [9.17, 15) is 4.79 Å². The molecule has 0 N–H and O–H groups in total. The topological polar surface area (TPSA) is 17.1 Å². The maximum Gasteiger partial charge on any atom is 0.194 e. The molecule has 0 spiro atoms. The average molecular weight is 377 g/mol. The van der Waals surface area contributed by atoms with Gasteiger partial charge in [0.15, 0.2) is 5.78 Å². The van der Waals surface area contributed by atoms with E-state index in [4.69, 9.17) is 11.6 Å². The van der Waals surface area contributed by atoms with Gasteiger partial charge in [0.1, 0.15) is 0 Å². The molecule has 1 aromatic heterocycles. The van der Waals surface area contributed by atoms with Gasteiger partial charge in [-0.25, -0.2) is 0 Å². The molecule has 0 radical (unpaired) electrons. The summed E-state index contributed by atoms with van der Waals surface area (Å²) >= 11 is 9.83. The van der Waals surface area contributed by atoms with Gasteiger partial charge in [-0.2, -0.15) is 0 Å². The van der Waals surface area contributed by atoms with Gasteiger partial charge in [0.25, 0.3) is 0 Å². The van der Waals surface area contributed by atoms with Crippen molar-refractivity contribution >= 4 is 51.3 Å². The van der Waals surface area contributed by atoms with Gasteiger partial charge in [-0.1, -0.05) is 11.6 Å². The summed E-state index contributed by atoms with van der Waals surface area (Å²) in [6, 6.07) is 7.36. The Bertz CT molecular complexity index is 589. The third-order valence-corrected chi connectivity index (χ3v) is 5.01. The molecular weight excluding hydrogens is 367 g/mol. The second kappa shape index (κ2) is 5.08. The molecule has 0 aliphatic rings. The number of thiophene rings is 1. The fourth-order valence-electron chi connectivity index (χ4n) is 1.65. The Morgan fingerprint density at radius 3 is 2.53 bits per heavy atom. The first kappa shape index (κ1) is 13.1. The predicted molar refractivity (Wildman–Crippen MR) is 81.4 cm³/mol. The van der Waals surface area contributed by atoms with E-state index in [1.807, 2.05) is 32.0 Å². The number of hydrogen-bond acceptors (Lipinski definition) is 2. The lowest BCUT2D eigenvalue weighted by atomic mass is 10.0. The number of benzene rings is 1. The van der Waals surface area contributed by atoms with Crippen LogP contribution in [0, 0.1) is 17.4 Å². The molecule has 17 heavy (non-hydrogen) atoms. The highest BCUT2D eigenvalue weighted by molar-refractivity contribution is 14.1. The molecule has 2 aromatic rings. The summed E-state index contributed by atoms with van der Waals surface area (Å²) in [5.74, 6) is 0.0464. The molecule has 88 valence electrons. The Hall–Kier alpha value is -0.390. The number of rotatable bonds is 2. The summed E-state index contributed by atoms with van der Waals surface area (Å²) in [5.41, 5.74) is 1.43. The minimum Gasteiger partial charge on any atom is -0.289 e. The number of aryl methyl sites for hydroxylation is 2. The highest BCUT2D eigenvalue weighted by Gasteiger charge is 2.14. The zero-order chi connectivity index (χ0) is 12.6. The van der Waals surface area contributed by atoms with Crippen molar-refractivity contribution in [1.29, 1.82) is 0 Å². The van der Waals surface area contributed by atoms with Gasteiger partial charge in [0.05, 0.1) is 5.02 Å². The molecule has 2 rings (SSSR count). The quantitative estimate of drug-likeness (QED) is 0.541. The number of carbonyl (C=O) groups is 1. The third kappa shape index (κ3) is 2.72. The first-order valence-corrected chi connectivity index (χ1v) is 7.33. The van der Waals surface area contributed by atoms with Crippen LogP contribution in [0.15, 0.2) is 24.3 Å². The number of carbonyl (C=O) groups excluding carboxylic acids is 1. The Balaban J connectivity index is 2.44. The molecule has 4 heteroatoms. The van der Waals surface area contributed by atoms with Crippen molar-refractivity contribution < 1.29 is 4.79 Å². The molecule has 0 amide bonds. The van der Waals surface area contributed by atoms with E-state index >= 15 is 0 Å². The molecular formula is C13H10ClIOS. The van der Waals surface area contributed by atoms with Crippen LogP contribution in [0.5, 0.6) is 0 Å².